The largest absolute Gasteiger partial charge is 0.372 e. The van der Waals surface area contributed by atoms with Crippen LogP contribution in [0.3, 0.4) is 0 Å². The summed E-state index contributed by atoms with van der Waals surface area (Å²) in [5, 5.41) is 14.9. The highest BCUT2D eigenvalue weighted by Crippen LogP contribution is 2.12. The van der Waals surface area contributed by atoms with Gasteiger partial charge in [-0.1, -0.05) is 36.4 Å². The molecule has 6 nitrogen and oxygen atoms in total. The Labute approximate surface area is 150 Å². The summed E-state index contributed by atoms with van der Waals surface area (Å²) in [6, 6.07) is 18.6. The molecule has 26 heavy (non-hydrogen) atoms. The first-order chi connectivity index (χ1) is 12.7. The van der Waals surface area contributed by atoms with Crippen molar-refractivity contribution in [3.63, 3.8) is 0 Å². The number of hydrogen-bond acceptors (Lipinski definition) is 4. The van der Waals surface area contributed by atoms with E-state index < -0.39 is 0 Å². The molecule has 0 atom stereocenters. The lowest BCUT2D eigenvalue weighted by molar-refractivity contribution is -0.119. The maximum atomic E-state index is 12.5. The van der Waals surface area contributed by atoms with Crippen LogP contribution in [0.2, 0.25) is 0 Å². The zero-order valence-electron chi connectivity index (χ0n) is 14.1. The van der Waals surface area contributed by atoms with Crippen LogP contribution in [0.4, 0.5) is 5.69 Å². The Morgan fingerprint density at radius 1 is 1.12 bits per heavy atom. The molecule has 2 N–H and O–H groups in total. The summed E-state index contributed by atoms with van der Waals surface area (Å²) < 4.78 is 1.40. The van der Waals surface area contributed by atoms with Crippen molar-refractivity contribution in [1.82, 2.24) is 9.72 Å². The van der Waals surface area contributed by atoms with Gasteiger partial charge >= 0.3 is 0 Å². The lowest BCUT2D eigenvalue weighted by Gasteiger charge is -2.10. The number of anilines is 1. The fourth-order valence-corrected chi connectivity index (χ4v) is 2.69. The average Bonchev–Trinajstić information content (AvgIpc) is 2.68. The fourth-order valence-electron chi connectivity index (χ4n) is 2.69. The monoisotopic (exact) mass is 346 g/mol. The maximum Gasteiger partial charge on any atom is 0.278 e. The van der Waals surface area contributed by atoms with Gasteiger partial charge in [0.1, 0.15) is 11.8 Å². The molecule has 1 aromatic carbocycles. The first kappa shape index (κ1) is 17.2. The number of pyridine rings is 2. The Morgan fingerprint density at radius 3 is 2.65 bits per heavy atom. The van der Waals surface area contributed by atoms with E-state index in [1.54, 1.807) is 24.4 Å². The molecule has 0 saturated carbocycles. The van der Waals surface area contributed by atoms with Crippen molar-refractivity contribution >= 4 is 17.1 Å². The summed E-state index contributed by atoms with van der Waals surface area (Å²) in [6.07, 6.45) is 2.34. The Balaban J connectivity index is 1.62. The van der Waals surface area contributed by atoms with Gasteiger partial charge in [-0.2, -0.15) is 5.26 Å². The molecule has 6 heteroatoms. The zero-order chi connectivity index (χ0) is 18.4. The van der Waals surface area contributed by atoms with Crippen LogP contribution in [0.1, 0.15) is 11.1 Å². The summed E-state index contributed by atoms with van der Waals surface area (Å²) in [7, 11) is 0. The van der Waals surface area contributed by atoms with Gasteiger partial charge in [0.25, 0.3) is 5.56 Å². The number of amides is 1. The quantitative estimate of drug-likeness (QED) is 0.714. The van der Waals surface area contributed by atoms with Gasteiger partial charge in [-0.05, 0) is 30.2 Å². The van der Waals surface area contributed by atoms with Crippen LogP contribution >= 0.6 is 0 Å². The summed E-state index contributed by atoms with van der Waals surface area (Å²) in [5.74, 6) is -0.211. The number of fused-ring (bicyclic) bond motifs is 1. The van der Waals surface area contributed by atoms with E-state index in [2.05, 4.69) is 16.7 Å². The average molecular weight is 346 g/mol. The Morgan fingerprint density at radius 2 is 1.88 bits per heavy atom. The third-order valence-corrected chi connectivity index (χ3v) is 4.01. The molecule has 130 valence electrons. The van der Waals surface area contributed by atoms with E-state index in [4.69, 9.17) is 0 Å². The topological polar surface area (TPSA) is 86.4 Å². The van der Waals surface area contributed by atoms with E-state index >= 15 is 0 Å². The molecule has 0 aliphatic heterocycles. The smallest absolute Gasteiger partial charge is 0.278 e. The minimum atomic E-state index is -0.295. The van der Waals surface area contributed by atoms with Gasteiger partial charge in [-0.15, -0.1) is 0 Å². The molecule has 0 aliphatic carbocycles. The molecule has 3 aromatic rings. The van der Waals surface area contributed by atoms with Crippen molar-refractivity contribution in [2.24, 2.45) is 0 Å². The third-order valence-electron chi connectivity index (χ3n) is 4.01. The van der Waals surface area contributed by atoms with Crippen LogP contribution in [0.5, 0.6) is 0 Å². The Bertz CT molecular complexity index is 1020. The zero-order valence-corrected chi connectivity index (χ0v) is 14.1. The van der Waals surface area contributed by atoms with Crippen LogP contribution < -0.4 is 16.2 Å². The standard InChI is InChI=1S/C20H18N4O2/c21-13-16-12-17(20(26)24-11-5-4-8-18(16)24)23-14-19(25)22-10-9-15-6-2-1-3-7-15/h1-8,11-12,23H,9-10,14H2,(H,22,25). The molecule has 0 radical (unpaired) electrons. The normalized spacial score (nSPS) is 10.3. The van der Waals surface area contributed by atoms with Crippen LogP contribution in [0, 0.1) is 11.3 Å². The molecule has 0 spiro atoms. The van der Waals surface area contributed by atoms with Gasteiger partial charge in [-0.3, -0.25) is 14.0 Å². The van der Waals surface area contributed by atoms with Gasteiger partial charge in [0.2, 0.25) is 5.91 Å². The van der Waals surface area contributed by atoms with E-state index in [-0.39, 0.29) is 23.7 Å². The van der Waals surface area contributed by atoms with Gasteiger partial charge < -0.3 is 10.6 Å². The van der Waals surface area contributed by atoms with Crippen LogP contribution in [0.15, 0.2) is 65.6 Å². The second-order valence-corrected chi connectivity index (χ2v) is 5.78. The summed E-state index contributed by atoms with van der Waals surface area (Å²) in [6.45, 7) is 0.485. The summed E-state index contributed by atoms with van der Waals surface area (Å²) >= 11 is 0. The number of carbonyl (C=O) groups excluding carboxylic acids is 1. The van der Waals surface area contributed by atoms with Gasteiger partial charge in [0.15, 0.2) is 0 Å². The number of rotatable bonds is 6. The molecule has 2 aromatic heterocycles. The summed E-state index contributed by atoms with van der Waals surface area (Å²) in [4.78, 5) is 24.5. The molecule has 0 unspecified atom stereocenters. The van der Waals surface area contributed by atoms with Gasteiger partial charge in [-0.25, -0.2) is 0 Å². The fraction of sp³-hybridized carbons (Fsp3) is 0.150. The first-order valence-electron chi connectivity index (χ1n) is 8.28. The van der Waals surface area contributed by atoms with Crippen molar-refractivity contribution < 1.29 is 4.79 Å². The van der Waals surface area contributed by atoms with Gasteiger partial charge in [0, 0.05) is 12.7 Å². The van der Waals surface area contributed by atoms with E-state index in [9.17, 15) is 14.9 Å². The number of carbonyl (C=O) groups is 1. The first-order valence-corrected chi connectivity index (χ1v) is 8.28. The predicted molar refractivity (Wildman–Crippen MR) is 100 cm³/mol. The number of aromatic nitrogens is 1. The summed E-state index contributed by atoms with van der Waals surface area (Å²) in [5.41, 5.74) is 1.99. The van der Waals surface area contributed by atoms with Crippen LogP contribution in [-0.4, -0.2) is 23.4 Å². The second-order valence-electron chi connectivity index (χ2n) is 5.78. The molecule has 1 amide bonds. The third kappa shape index (κ3) is 3.90. The van der Waals surface area contributed by atoms with Crippen molar-refractivity contribution in [2.45, 2.75) is 6.42 Å². The molecular formula is C20H18N4O2. The number of nitriles is 1. The Hall–Kier alpha value is -3.59. The number of benzene rings is 1. The molecule has 0 aliphatic rings. The maximum absolute atomic E-state index is 12.5. The second kappa shape index (κ2) is 7.99. The van der Waals surface area contributed by atoms with E-state index in [0.29, 0.717) is 17.6 Å². The molecule has 0 saturated heterocycles. The highest BCUT2D eigenvalue weighted by molar-refractivity contribution is 5.81. The minimum absolute atomic E-state index is 0.0339. The van der Waals surface area contributed by atoms with E-state index in [1.165, 1.54) is 10.5 Å². The lowest BCUT2D eigenvalue weighted by atomic mass is 10.1. The van der Waals surface area contributed by atoms with Crippen LogP contribution in [-0.2, 0) is 11.2 Å². The van der Waals surface area contributed by atoms with Crippen LogP contribution in [0.25, 0.3) is 5.52 Å². The molecular weight excluding hydrogens is 328 g/mol. The highest BCUT2D eigenvalue weighted by atomic mass is 16.2. The molecule has 2 heterocycles. The Kier molecular flexibility index (Phi) is 5.30. The molecule has 0 fully saturated rings. The van der Waals surface area contributed by atoms with Crippen molar-refractivity contribution in [3.05, 3.63) is 82.3 Å². The van der Waals surface area contributed by atoms with Gasteiger partial charge in [0.05, 0.1) is 17.6 Å². The highest BCUT2D eigenvalue weighted by Gasteiger charge is 2.10. The lowest BCUT2D eigenvalue weighted by Crippen LogP contribution is -2.33. The number of nitrogens with one attached hydrogen (secondary N) is 2. The minimum Gasteiger partial charge on any atom is -0.372 e. The molecule has 3 rings (SSSR count). The number of hydrogen-bond donors (Lipinski definition) is 2. The van der Waals surface area contributed by atoms with Crippen molar-refractivity contribution in [3.8, 4) is 6.07 Å². The number of nitrogens with zero attached hydrogens (tertiary/aromatic N) is 2. The van der Waals surface area contributed by atoms with E-state index in [0.717, 1.165) is 12.0 Å². The van der Waals surface area contributed by atoms with Crippen molar-refractivity contribution in [1.29, 1.82) is 5.26 Å². The molecule has 0 bridgehead atoms. The van der Waals surface area contributed by atoms with E-state index in [1.807, 2.05) is 30.3 Å². The van der Waals surface area contributed by atoms with Crippen molar-refractivity contribution in [2.75, 3.05) is 18.4 Å². The SMILES string of the molecule is N#Cc1cc(NCC(=O)NCCc2ccccc2)c(=O)n2ccccc12. The predicted octanol–water partition coefficient (Wildman–Crippen LogP) is 1.94.